The number of carboxylic acid groups (broad SMARTS) is 1. The van der Waals surface area contributed by atoms with Crippen LogP contribution in [0.3, 0.4) is 0 Å². The van der Waals surface area contributed by atoms with Gasteiger partial charge in [-0.25, -0.2) is 4.79 Å². The van der Waals surface area contributed by atoms with Crippen LogP contribution in [0, 0.1) is 16.7 Å². The van der Waals surface area contributed by atoms with E-state index in [0.29, 0.717) is 0 Å². The average molecular weight is 314 g/mol. The number of aliphatic carboxylic acids is 1. The van der Waals surface area contributed by atoms with Gasteiger partial charge in [-0.15, -0.1) is 0 Å². The molecule has 0 saturated heterocycles. The highest BCUT2D eigenvalue weighted by atomic mass is 16.7. The van der Waals surface area contributed by atoms with E-state index in [1.807, 2.05) is 0 Å². The van der Waals surface area contributed by atoms with Crippen molar-refractivity contribution in [2.75, 3.05) is 0 Å². The zero-order valence-electron chi connectivity index (χ0n) is 13.6. The van der Waals surface area contributed by atoms with Gasteiger partial charge in [-0.1, -0.05) is 5.16 Å². The van der Waals surface area contributed by atoms with E-state index in [2.05, 4.69) is 5.16 Å². The zero-order valence-corrected chi connectivity index (χ0v) is 13.6. The summed E-state index contributed by atoms with van der Waals surface area (Å²) >= 11 is 0. The van der Waals surface area contributed by atoms with Gasteiger partial charge in [0.25, 0.3) is 5.97 Å². The van der Waals surface area contributed by atoms with E-state index in [4.69, 9.17) is 35.9 Å². The molecule has 0 saturated carbocycles. The Balaban J connectivity index is 0. The summed E-state index contributed by atoms with van der Waals surface area (Å²) in [7, 11) is 0. The molecule has 0 heterocycles. The lowest BCUT2D eigenvalue weighted by Crippen LogP contribution is -2.40. The fraction of sp³-hybridized carbons (Fsp3) is 0.615. The fourth-order valence-corrected chi connectivity index (χ4v) is 0.728. The predicted molar refractivity (Wildman–Crippen MR) is 79.3 cm³/mol. The number of hydrogen-bond donors (Lipinski definition) is 3. The molecule has 0 spiro atoms. The molecule has 0 aliphatic heterocycles. The summed E-state index contributed by atoms with van der Waals surface area (Å²) in [4.78, 5) is 25.7. The Labute approximate surface area is 129 Å². The Morgan fingerprint density at radius 2 is 1.68 bits per heavy atom. The molecule has 0 fully saturated rings. The van der Waals surface area contributed by atoms with Crippen molar-refractivity contribution in [2.24, 2.45) is 10.9 Å². The smallest absolute Gasteiger partial charge is 0.353 e. The van der Waals surface area contributed by atoms with Crippen LogP contribution in [0.2, 0.25) is 0 Å². The van der Waals surface area contributed by atoms with Gasteiger partial charge in [0.15, 0.2) is 5.84 Å². The van der Waals surface area contributed by atoms with E-state index in [0.717, 1.165) is 6.92 Å². The number of oxime groups is 1. The number of ether oxygens (including phenoxy) is 1. The molecule has 0 radical (unpaired) electrons. The fourth-order valence-electron chi connectivity index (χ4n) is 0.728. The van der Waals surface area contributed by atoms with E-state index < -0.39 is 34.7 Å². The number of carboxylic acids is 1. The number of nitriles is 1. The van der Waals surface area contributed by atoms with Crippen molar-refractivity contribution in [1.29, 1.82) is 10.7 Å². The van der Waals surface area contributed by atoms with Gasteiger partial charge in [-0.2, -0.15) is 5.26 Å². The van der Waals surface area contributed by atoms with Gasteiger partial charge in [0.05, 0.1) is 0 Å². The monoisotopic (exact) mass is 314 g/mol. The van der Waals surface area contributed by atoms with Gasteiger partial charge < -0.3 is 20.4 Å². The first-order valence-electron chi connectivity index (χ1n) is 6.16. The molecule has 0 aromatic heterocycles. The summed E-state index contributed by atoms with van der Waals surface area (Å²) < 4.78 is 5.13. The van der Waals surface area contributed by atoms with Gasteiger partial charge in [-0.05, 0) is 34.6 Å². The summed E-state index contributed by atoms with van der Waals surface area (Å²) in [6, 6.07) is 1.58. The van der Waals surface area contributed by atoms with Crippen molar-refractivity contribution in [3.63, 3.8) is 0 Å². The van der Waals surface area contributed by atoms with Gasteiger partial charge >= 0.3 is 5.97 Å². The van der Waals surface area contributed by atoms with Crippen molar-refractivity contribution in [3.05, 3.63) is 0 Å². The minimum Gasteiger partial charge on any atom is -0.481 e. The number of carbonyl (C=O) groups excluding carboxylic acids is 1. The Kier molecular flexibility index (Phi) is 8.48. The largest absolute Gasteiger partial charge is 0.481 e. The van der Waals surface area contributed by atoms with Crippen LogP contribution in [0.5, 0.6) is 0 Å². The molecule has 0 rings (SSSR count). The van der Waals surface area contributed by atoms with E-state index in [1.54, 1.807) is 26.8 Å². The minimum atomic E-state index is -1.37. The number of nitrogens with zero attached hydrogens (tertiary/aromatic N) is 2. The maximum atomic E-state index is 11.8. The van der Waals surface area contributed by atoms with Gasteiger partial charge in [-0.3, -0.25) is 10.2 Å². The topological polar surface area (TPSA) is 159 Å². The van der Waals surface area contributed by atoms with Crippen LogP contribution in [0.25, 0.3) is 0 Å². The molecule has 0 aliphatic carbocycles. The number of carbonyl (C=O) groups is 2. The standard InChI is InChI=1S/C11H18N4O3.C2H4O2/c1-10(2,3)17-9(16)11(4,5)18-15-7(6-12)8(13)14;1-2(3)4/h1-5H3,(H3,13,14);1H3,(H,3,4). The van der Waals surface area contributed by atoms with Crippen molar-refractivity contribution in [1.82, 2.24) is 0 Å². The third kappa shape index (κ3) is 11.2. The van der Waals surface area contributed by atoms with Gasteiger partial charge in [0.2, 0.25) is 11.3 Å². The van der Waals surface area contributed by atoms with Crippen LogP contribution < -0.4 is 5.73 Å². The number of nitrogens with two attached hydrogens (primary N) is 1. The number of hydrogen-bond acceptors (Lipinski definition) is 7. The van der Waals surface area contributed by atoms with Crippen LogP contribution >= 0.6 is 0 Å². The first-order valence-corrected chi connectivity index (χ1v) is 6.16. The Hall–Kier alpha value is -2.63. The molecule has 0 amide bonds. The van der Waals surface area contributed by atoms with E-state index in [1.165, 1.54) is 13.8 Å². The van der Waals surface area contributed by atoms with Crippen molar-refractivity contribution < 1.29 is 24.3 Å². The number of rotatable bonds is 4. The lowest BCUT2D eigenvalue weighted by molar-refractivity contribution is -0.179. The Morgan fingerprint density at radius 1 is 1.27 bits per heavy atom. The molecule has 0 aromatic rings. The van der Waals surface area contributed by atoms with E-state index >= 15 is 0 Å². The number of esters is 1. The average Bonchev–Trinajstić information content (AvgIpc) is 2.25. The summed E-state index contributed by atoms with van der Waals surface area (Å²) in [5, 5.41) is 26.4. The summed E-state index contributed by atoms with van der Waals surface area (Å²) in [5.41, 5.74) is 2.67. The van der Waals surface area contributed by atoms with E-state index in [9.17, 15) is 4.79 Å². The molecular weight excluding hydrogens is 292 g/mol. The maximum absolute atomic E-state index is 11.8. The van der Waals surface area contributed by atoms with Crippen LogP contribution in [-0.2, 0) is 19.2 Å². The van der Waals surface area contributed by atoms with Crippen LogP contribution in [0.15, 0.2) is 5.16 Å². The third-order valence-electron chi connectivity index (χ3n) is 1.62. The highest BCUT2D eigenvalue weighted by Crippen LogP contribution is 2.17. The van der Waals surface area contributed by atoms with Crippen molar-refractivity contribution >= 4 is 23.5 Å². The molecule has 0 atom stereocenters. The molecule has 0 bridgehead atoms. The van der Waals surface area contributed by atoms with Crippen LogP contribution in [0.4, 0.5) is 0 Å². The highest BCUT2D eigenvalue weighted by molar-refractivity contribution is 6.45. The number of nitrogens with one attached hydrogen (secondary N) is 1. The quantitative estimate of drug-likeness (QED) is 0.302. The second kappa shape index (κ2) is 8.61. The van der Waals surface area contributed by atoms with Crippen molar-refractivity contribution in [2.45, 2.75) is 52.7 Å². The Bertz CT molecular complexity index is 494. The lowest BCUT2D eigenvalue weighted by atomic mass is 10.1. The number of amidine groups is 1. The lowest BCUT2D eigenvalue weighted by Gasteiger charge is -2.26. The molecule has 9 nitrogen and oxygen atoms in total. The zero-order chi connectivity index (χ0) is 18.1. The Morgan fingerprint density at radius 3 is 1.95 bits per heavy atom. The van der Waals surface area contributed by atoms with Crippen LogP contribution in [0.1, 0.15) is 41.5 Å². The summed E-state index contributed by atoms with van der Waals surface area (Å²) in [6.45, 7) is 9.14. The normalized spacial score (nSPS) is 11.4. The minimum absolute atomic E-state index is 0.397. The SMILES string of the molecule is CC(=O)O.CC(C)(C)OC(=O)C(C)(C)ON=C(C#N)C(=N)N. The predicted octanol–water partition coefficient (Wildman–Crippen LogP) is 1.03. The van der Waals surface area contributed by atoms with Crippen molar-refractivity contribution in [3.8, 4) is 6.07 Å². The third-order valence-corrected chi connectivity index (χ3v) is 1.62. The summed E-state index contributed by atoms with van der Waals surface area (Å²) in [5.74, 6) is -1.99. The second-order valence-electron chi connectivity index (χ2n) is 5.59. The van der Waals surface area contributed by atoms with Gasteiger partial charge in [0.1, 0.15) is 11.7 Å². The molecule has 4 N–H and O–H groups in total. The molecular formula is C13H22N4O5. The maximum Gasteiger partial charge on any atom is 0.353 e. The van der Waals surface area contributed by atoms with E-state index in [-0.39, 0.29) is 0 Å². The first-order chi connectivity index (χ1) is 9.73. The summed E-state index contributed by atoms with van der Waals surface area (Å²) in [6.07, 6.45) is 0. The molecule has 0 aromatic carbocycles. The molecule has 0 unspecified atom stereocenters. The molecule has 9 heteroatoms. The molecule has 22 heavy (non-hydrogen) atoms. The van der Waals surface area contributed by atoms with Gasteiger partial charge in [0, 0.05) is 6.92 Å². The molecule has 124 valence electrons. The highest BCUT2D eigenvalue weighted by Gasteiger charge is 2.35. The first kappa shape index (κ1) is 21.7. The second-order valence-corrected chi connectivity index (χ2v) is 5.59. The van der Waals surface area contributed by atoms with Crippen LogP contribution in [-0.4, -0.2) is 39.8 Å². The molecule has 0 aliphatic rings.